The second-order valence-corrected chi connectivity index (χ2v) is 4.36. The van der Waals surface area contributed by atoms with E-state index in [0.29, 0.717) is 0 Å². The van der Waals surface area contributed by atoms with E-state index in [2.05, 4.69) is 30.5 Å². The molecule has 1 N–H and O–H groups in total. The summed E-state index contributed by atoms with van der Waals surface area (Å²) in [5.74, 6) is 0.922. The van der Waals surface area contributed by atoms with Crippen molar-refractivity contribution < 1.29 is 0 Å². The second kappa shape index (κ2) is 4.13. The van der Waals surface area contributed by atoms with Crippen molar-refractivity contribution in [1.82, 2.24) is 15.1 Å². The van der Waals surface area contributed by atoms with Gasteiger partial charge in [0.1, 0.15) is 0 Å². The number of nitrogens with zero attached hydrogens (tertiary/aromatic N) is 2. The number of rotatable bonds is 4. The maximum Gasteiger partial charge on any atom is 0.0534 e. The first-order chi connectivity index (χ1) is 6.78. The zero-order chi connectivity index (χ0) is 9.97. The van der Waals surface area contributed by atoms with Crippen LogP contribution in [0.2, 0.25) is 0 Å². The molecule has 1 aromatic heterocycles. The van der Waals surface area contributed by atoms with Crippen LogP contribution in [0.3, 0.4) is 0 Å². The van der Waals surface area contributed by atoms with Gasteiger partial charge in [-0.05, 0) is 25.7 Å². The van der Waals surface area contributed by atoms with Crippen LogP contribution in [0, 0.1) is 5.92 Å². The molecule has 1 aliphatic carbocycles. The Morgan fingerprint density at radius 1 is 1.57 bits per heavy atom. The summed E-state index contributed by atoms with van der Waals surface area (Å²) in [5, 5.41) is 7.80. The summed E-state index contributed by atoms with van der Waals surface area (Å²) in [6.45, 7) is 6.35. The Balaban J connectivity index is 1.75. The number of aryl methyl sites for hydroxylation is 1. The molecule has 0 spiro atoms. The van der Waals surface area contributed by atoms with Gasteiger partial charge in [-0.15, -0.1) is 0 Å². The lowest BCUT2D eigenvalue weighted by molar-refractivity contribution is 0.240. The molecule has 1 heterocycles. The molecule has 1 fully saturated rings. The van der Waals surface area contributed by atoms with E-state index in [9.17, 15) is 0 Å². The van der Waals surface area contributed by atoms with Crippen molar-refractivity contribution in [3.05, 3.63) is 18.0 Å². The van der Waals surface area contributed by atoms with Gasteiger partial charge >= 0.3 is 0 Å². The molecule has 3 heteroatoms. The average Bonchev–Trinajstić information content (AvgIpc) is 2.58. The van der Waals surface area contributed by atoms with E-state index in [-0.39, 0.29) is 0 Å². The first-order valence-corrected chi connectivity index (χ1v) is 5.52. The topological polar surface area (TPSA) is 29.9 Å². The van der Waals surface area contributed by atoms with Crippen LogP contribution in [0.1, 0.15) is 32.3 Å². The summed E-state index contributed by atoms with van der Waals surface area (Å²) in [6.07, 6.45) is 6.75. The summed E-state index contributed by atoms with van der Waals surface area (Å²) in [7, 11) is 0. The van der Waals surface area contributed by atoms with E-state index in [1.807, 2.05) is 10.9 Å². The number of hydrogen-bond donors (Lipinski definition) is 1. The maximum absolute atomic E-state index is 4.25. The van der Waals surface area contributed by atoms with Crippen molar-refractivity contribution >= 4 is 0 Å². The van der Waals surface area contributed by atoms with Crippen LogP contribution in [-0.4, -0.2) is 15.8 Å². The molecular formula is C11H19N3. The molecule has 0 radical (unpaired) electrons. The van der Waals surface area contributed by atoms with Crippen LogP contribution in [0.5, 0.6) is 0 Å². The summed E-state index contributed by atoms with van der Waals surface area (Å²) in [5.41, 5.74) is 1.30. The van der Waals surface area contributed by atoms with Gasteiger partial charge in [-0.2, -0.15) is 5.10 Å². The van der Waals surface area contributed by atoms with Crippen molar-refractivity contribution in [2.24, 2.45) is 5.92 Å². The highest BCUT2D eigenvalue weighted by molar-refractivity contribution is 5.03. The minimum Gasteiger partial charge on any atom is -0.310 e. The number of hydrogen-bond acceptors (Lipinski definition) is 2. The van der Waals surface area contributed by atoms with Gasteiger partial charge in [0, 0.05) is 30.9 Å². The Kier molecular flexibility index (Phi) is 2.87. The van der Waals surface area contributed by atoms with Crippen LogP contribution >= 0.6 is 0 Å². The highest BCUT2D eigenvalue weighted by atomic mass is 15.3. The summed E-state index contributed by atoms with van der Waals surface area (Å²) >= 11 is 0. The van der Waals surface area contributed by atoms with E-state index < -0.39 is 0 Å². The van der Waals surface area contributed by atoms with Crippen molar-refractivity contribution in [2.45, 2.75) is 45.8 Å². The molecule has 78 valence electrons. The first-order valence-electron chi connectivity index (χ1n) is 5.52. The van der Waals surface area contributed by atoms with Crippen LogP contribution in [0.4, 0.5) is 0 Å². The fraction of sp³-hybridized carbons (Fsp3) is 0.727. The van der Waals surface area contributed by atoms with Gasteiger partial charge in [0.15, 0.2) is 0 Å². The van der Waals surface area contributed by atoms with Gasteiger partial charge in [-0.25, -0.2) is 0 Å². The van der Waals surface area contributed by atoms with Crippen LogP contribution in [-0.2, 0) is 13.1 Å². The summed E-state index contributed by atoms with van der Waals surface area (Å²) in [4.78, 5) is 0. The quantitative estimate of drug-likeness (QED) is 0.790. The minimum atomic E-state index is 0.745. The van der Waals surface area contributed by atoms with Gasteiger partial charge in [-0.1, -0.05) is 6.92 Å². The normalized spacial score (nSPS) is 26.1. The van der Waals surface area contributed by atoms with Crippen molar-refractivity contribution in [3.8, 4) is 0 Å². The third-order valence-corrected chi connectivity index (χ3v) is 2.98. The maximum atomic E-state index is 4.25. The molecule has 14 heavy (non-hydrogen) atoms. The fourth-order valence-electron chi connectivity index (χ4n) is 2.00. The molecule has 0 atom stereocenters. The fourth-order valence-corrected chi connectivity index (χ4v) is 2.00. The highest BCUT2D eigenvalue weighted by Crippen LogP contribution is 2.26. The van der Waals surface area contributed by atoms with Crippen molar-refractivity contribution in [1.29, 1.82) is 0 Å². The van der Waals surface area contributed by atoms with E-state index in [0.717, 1.165) is 25.0 Å². The predicted molar refractivity (Wildman–Crippen MR) is 56.9 cm³/mol. The number of nitrogens with one attached hydrogen (secondary N) is 1. The Bertz CT molecular complexity index is 286. The van der Waals surface area contributed by atoms with E-state index in [1.165, 1.54) is 18.4 Å². The van der Waals surface area contributed by atoms with Crippen LogP contribution in [0.25, 0.3) is 0 Å². The molecule has 3 nitrogen and oxygen atoms in total. The zero-order valence-corrected chi connectivity index (χ0v) is 9.03. The molecule has 0 saturated heterocycles. The Morgan fingerprint density at radius 3 is 2.93 bits per heavy atom. The van der Waals surface area contributed by atoms with Crippen LogP contribution in [0.15, 0.2) is 12.4 Å². The molecule has 1 saturated carbocycles. The molecule has 0 aliphatic heterocycles. The van der Waals surface area contributed by atoms with Crippen LogP contribution < -0.4 is 5.32 Å². The molecule has 1 aromatic rings. The monoisotopic (exact) mass is 193 g/mol. The molecule has 0 aromatic carbocycles. The molecule has 0 unspecified atom stereocenters. The Labute approximate surface area is 85.5 Å². The summed E-state index contributed by atoms with van der Waals surface area (Å²) < 4.78 is 1.97. The molecule has 2 rings (SSSR count). The molecule has 0 bridgehead atoms. The smallest absolute Gasteiger partial charge is 0.0534 e. The van der Waals surface area contributed by atoms with Gasteiger partial charge in [0.05, 0.1) is 6.20 Å². The second-order valence-electron chi connectivity index (χ2n) is 4.36. The first kappa shape index (κ1) is 9.71. The third-order valence-electron chi connectivity index (χ3n) is 2.98. The van der Waals surface area contributed by atoms with E-state index >= 15 is 0 Å². The van der Waals surface area contributed by atoms with E-state index in [1.54, 1.807) is 0 Å². The predicted octanol–water partition coefficient (Wildman–Crippen LogP) is 1.79. The third kappa shape index (κ3) is 2.15. The molecular weight excluding hydrogens is 174 g/mol. The van der Waals surface area contributed by atoms with E-state index in [4.69, 9.17) is 0 Å². The van der Waals surface area contributed by atoms with Gasteiger partial charge in [0.2, 0.25) is 0 Å². The van der Waals surface area contributed by atoms with Crippen molar-refractivity contribution in [3.63, 3.8) is 0 Å². The molecule has 1 aliphatic rings. The van der Waals surface area contributed by atoms with Gasteiger partial charge in [0.25, 0.3) is 0 Å². The zero-order valence-electron chi connectivity index (χ0n) is 9.03. The van der Waals surface area contributed by atoms with Gasteiger partial charge in [-0.3, -0.25) is 4.68 Å². The molecule has 0 amide bonds. The Morgan fingerprint density at radius 2 is 2.36 bits per heavy atom. The van der Waals surface area contributed by atoms with Crippen molar-refractivity contribution in [2.75, 3.05) is 0 Å². The van der Waals surface area contributed by atoms with Gasteiger partial charge < -0.3 is 5.32 Å². The highest BCUT2D eigenvalue weighted by Gasteiger charge is 2.24. The minimum absolute atomic E-state index is 0.745. The lowest BCUT2D eigenvalue weighted by atomic mass is 9.82. The average molecular weight is 193 g/mol. The summed E-state index contributed by atoms with van der Waals surface area (Å²) in [6, 6.07) is 0.745. The standard InChI is InChI=1S/C11H19N3/c1-3-14-8-10(7-13-14)6-12-11-4-9(2)5-11/h7-9,11-12H,3-6H2,1-2H3. The lowest BCUT2D eigenvalue weighted by Gasteiger charge is -2.33. The SMILES string of the molecule is CCn1cc(CNC2CC(C)C2)cn1. The number of aromatic nitrogens is 2. The largest absolute Gasteiger partial charge is 0.310 e. The Hall–Kier alpha value is -0.830. The lowest BCUT2D eigenvalue weighted by Crippen LogP contribution is -2.39.